The van der Waals surface area contributed by atoms with Gasteiger partial charge in [0.1, 0.15) is 11.4 Å². The monoisotopic (exact) mass is 346 g/mol. The van der Waals surface area contributed by atoms with Crippen LogP contribution < -0.4 is 10.1 Å². The first kappa shape index (κ1) is 18.2. The number of hydrogen-bond acceptors (Lipinski definition) is 4. The number of ether oxygens (including phenoxy) is 2. The molecule has 0 aliphatic carbocycles. The van der Waals surface area contributed by atoms with Gasteiger partial charge in [0.05, 0.1) is 12.6 Å². The van der Waals surface area contributed by atoms with Gasteiger partial charge in [0, 0.05) is 44.6 Å². The smallest absolute Gasteiger partial charge is 0.223 e. The first-order valence-corrected chi connectivity index (χ1v) is 9.32. The Kier molecular flexibility index (Phi) is 5.64. The van der Waals surface area contributed by atoms with Gasteiger partial charge in [-0.25, -0.2) is 0 Å². The van der Waals surface area contributed by atoms with Gasteiger partial charge >= 0.3 is 0 Å². The Hall–Kier alpha value is -1.59. The third kappa shape index (κ3) is 4.15. The second-order valence-corrected chi connectivity index (χ2v) is 7.58. The topological polar surface area (TPSA) is 50.8 Å². The van der Waals surface area contributed by atoms with Gasteiger partial charge in [-0.3, -0.25) is 4.79 Å². The van der Waals surface area contributed by atoms with E-state index in [1.54, 1.807) is 7.11 Å². The van der Waals surface area contributed by atoms with Crippen molar-refractivity contribution in [3.8, 4) is 5.75 Å². The summed E-state index contributed by atoms with van der Waals surface area (Å²) >= 11 is 0. The number of rotatable bonds is 5. The Bertz CT molecular complexity index is 594. The molecule has 2 aliphatic rings. The molecule has 0 aromatic heterocycles. The second-order valence-electron chi connectivity index (χ2n) is 7.58. The van der Waals surface area contributed by atoms with Crippen LogP contribution in [0.5, 0.6) is 5.75 Å². The number of likely N-dealkylation sites (tertiary alicyclic amines) is 1. The predicted molar refractivity (Wildman–Crippen MR) is 97.7 cm³/mol. The number of carbonyl (C=O) groups is 1. The molecule has 1 saturated heterocycles. The van der Waals surface area contributed by atoms with Crippen LogP contribution in [0.4, 0.5) is 0 Å². The van der Waals surface area contributed by atoms with E-state index in [-0.39, 0.29) is 23.5 Å². The molecule has 25 heavy (non-hydrogen) atoms. The molecule has 0 unspecified atom stereocenters. The Morgan fingerprint density at radius 2 is 2.08 bits per heavy atom. The Labute approximate surface area is 150 Å². The molecule has 1 spiro atoms. The third-order valence-corrected chi connectivity index (χ3v) is 5.42. The molecule has 1 fully saturated rings. The summed E-state index contributed by atoms with van der Waals surface area (Å²) in [6.07, 6.45) is 2.82. The summed E-state index contributed by atoms with van der Waals surface area (Å²) in [6, 6.07) is 8.16. The number of carbonyl (C=O) groups excluding carboxylic acids is 1. The van der Waals surface area contributed by atoms with E-state index in [4.69, 9.17) is 9.47 Å². The van der Waals surface area contributed by atoms with Crippen LogP contribution in [0.3, 0.4) is 0 Å². The van der Waals surface area contributed by atoms with Crippen LogP contribution in [0.2, 0.25) is 0 Å². The van der Waals surface area contributed by atoms with E-state index in [1.165, 1.54) is 0 Å². The summed E-state index contributed by atoms with van der Waals surface area (Å²) in [5.74, 6) is 1.02. The van der Waals surface area contributed by atoms with Crippen molar-refractivity contribution < 1.29 is 14.3 Å². The largest absolute Gasteiger partial charge is 0.487 e. The maximum absolute atomic E-state index is 12.3. The van der Waals surface area contributed by atoms with Crippen molar-refractivity contribution in [3.05, 3.63) is 29.8 Å². The minimum absolute atomic E-state index is 0.0122. The van der Waals surface area contributed by atoms with Crippen molar-refractivity contribution in [1.29, 1.82) is 0 Å². The van der Waals surface area contributed by atoms with Crippen molar-refractivity contribution in [2.75, 3.05) is 33.4 Å². The fourth-order valence-corrected chi connectivity index (χ4v) is 3.80. The third-order valence-electron chi connectivity index (χ3n) is 5.42. The van der Waals surface area contributed by atoms with Gasteiger partial charge in [-0.1, -0.05) is 32.0 Å². The maximum Gasteiger partial charge on any atom is 0.223 e. The lowest BCUT2D eigenvalue weighted by Crippen LogP contribution is -2.52. The summed E-state index contributed by atoms with van der Waals surface area (Å²) in [7, 11) is 1.74. The number of piperidine rings is 1. The normalized spacial score (nSPS) is 22.5. The fourth-order valence-electron chi connectivity index (χ4n) is 3.80. The van der Waals surface area contributed by atoms with Crippen molar-refractivity contribution in [3.63, 3.8) is 0 Å². The lowest BCUT2D eigenvalue weighted by atomic mass is 9.80. The van der Waals surface area contributed by atoms with Crippen molar-refractivity contribution in [1.82, 2.24) is 10.2 Å². The van der Waals surface area contributed by atoms with Gasteiger partial charge in [-0.15, -0.1) is 0 Å². The minimum atomic E-state index is -0.174. The van der Waals surface area contributed by atoms with E-state index in [0.717, 1.165) is 56.8 Å². The minimum Gasteiger partial charge on any atom is -0.487 e. The number of nitrogens with zero attached hydrogens (tertiary/aromatic N) is 1. The van der Waals surface area contributed by atoms with E-state index in [9.17, 15) is 4.79 Å². The number of para-hydroxylation sites is 1. The van der Waals surface area contributed by atoms with Crippen LogP contribution in [0.15, 0.2) is 24.3 Å². The Morgan fingerprint density at radius 3 is 2.76 bits per heavy atom. The van der Waals surface area contributed by atoms with E-state index >= 15 is 0 Å². The molecule has 5 heteroatoms. The number of hydrogen-bond donors (Lipinski definition) is 1. The van der Waals surface area contributed by atoms with Gasteiger partial charge in [0.25, 0.3) is 0 Å². The average Bonchev–Trinajstić information content (AvgIpc) is 2.61. The number of fused-ring (bicyclic) bond motifs is 1. The molecule has 1 N–H and O–H groups in total. The first-order valence-electron chi connectivity index (χ1n) is 9.32. The Morgan fingerprint density at radius 1 is 1.36 bits per heavy atom. The molecule has 1 atom stereocenters. The predicted octanol–water partition coefficient (Wildman–Crippen LogP) is 2.76. The zero-order valence-corrected chi connectivity index (χ0v) is 15.6. The van der Waals surface area contributed by atoms with Crippen molar-refractivity contribution in [2.24, 2.45) is 5.92 Å². The van der Waals surface area contributed by atoms with Crippen LogP contribution in [-0.2, 0) is 9.53 Å². The number of methoxy groups -OCH3 is 1. The number of benzene rings is 1. The van der Waals surface area contributed by atoms with E-state index in [2.05, 4.69) is 16.3 Å². The first-order chi connectivity index (χ1) is 12.0. The summed E-state index contributed by atoms with van der Waals surface area (Å²) < 4.78 is 11.7. The van der Waals surface area contributed by atoms with Crippen LogP contribution in [-0.4, -0.2) is 49.8 Å². The zero-order chi connectivity index (χ0) is 17.9. The van der Waals surface area contributed by atoms with Crippen molar-refractivity contribution >= 4 is 5.91 Å². The molecule has 2 heterocycles. The lowest BCUT2D eigenvalue weighted by molar-refractivity contribution is -0.125. The van der Waals surface area contributed by atoms with Crippen LogP contribution in [0, 0.1) is 5.92 Å². The molecule has 1 aromatic carbocycles. The van der Waals surface area contributed by atoms with E-state index in [0.29, 0.717) is 0 Å². The standard InChI is InChI=1S/C20H30N2O3/c1-15(2)19(23)21-17-14-20(25-18-7-5-4-6-16(17)18)8-10-22(11-9-20)12-13-24-3/h4-7,15,17H,8-14H2,1-3H3,(H,21,23)/t17-/m1/s1. The molecule has 1 aromatic rings. The highest BCUT2D eigenvalue weighted by Gasteiger charge is 2.43. The summed E-state index contributed by atoms with van der Waals surface area (Å²) in [6.45, 7) is 7.63. The van der Waals surface area contributed by atoms with Crippen LogP contribution in [0.25, 0.3) is 0 Å². The SMILES string of the molecule is COCCN1CCC2(CC1)C[C@@H](NC(=O)C(C)C)c1ccccc1O2. The van der Waals surface area contributed by atoms with Crippen LogP contribution >= 0.6 is 0 Å². The Balaban J connectivity index is 1.74. The second kappa shape index (κ2) is 7.75. The van der Waals surface area contributed by atoms with E-state index in [1.807, 2.05) is 32.0 Å². The highest BCUT2D eigenvalue weighted by molar-refractivity contribution is 5.78. The summed E-state index contributed by atoms with van der Waals surface area (Å²) in [4.78, 5) is 14.7. The van der Waals surface area contributed by atoms with Crippen LogP contribution in [0.1, 0.15) is 44.7 Å². The van der Waals surface area contributed by atoms with Gasteiger partial charge < -0.3 is 19.7 Å². The molecule has 1 amide bonds. The molecular weight excluding hydrogens is 316 g/mol. The van der Waals surface area contributed by atoms with Gasteiger partial charge in [0.2, 0.25) is 5.91 Å². The lowest BCUT2D eigenvalue weighted by Gasteiger charge is -2.47. The highest BCUT2D eigenvalue weighted by atomic mass is 16.5. The number of amides is 1. The van der Waals surface area contributed by atoms with Crippen molar-refractivity contribution in [2.45, 2.75) is 44.8 Å². The van der Waals surface area contributed by atoms with Gasteiger partial charge in [-0.2, -0.15) is 0 Å². The molecule has 0 saturated carbocycles. The van der Waals surface area contributed by atoms with Gasteiger partial charge in [0.15, 0.2) is 0 Å². The number of nitrogens with one attached hydrogen (secondary N) is 1. The quantitative estimate of drug-likeness (QED) is 0.891. The van der Waals surface area contributed by atoms with E-state index < -0.39 is 0 Å². The summed E-state index contributed by atoms with van der Waals surface area (Å²) in [5.41, 5.74) is 0.927. The molecule has 0 radical (unpaired) electrons. The maximum atomic E-state index is 12.3. The fraction of sp³-hybridized carbons (Fsp3) is 0.650. The molecule has 0 bridgehead atoms. The zero-order valence-electron chi connectivity index (χ0n) is 15.6. The molecule has 5 nitrogen and oxygen atoms in total. The molecule has 2 aliphatic heterocycles. The van der Waals surface area contributed by atoms with Gasteiger partial charge in [-0.05, 0) is 18.9 Å². The molecular formula is C20H30N2O3. The molecule has 3 rings (SSSR count). The average molecular weight is 346 g/mol. The molecule has 138 valence electrons. The highest BCUT2D eigenvalue weighted by Crippen LogP contribution is 2.44. The summed E-state index contributed by atoms with van der Waals surface area (Å²) in [5, 5.41) is 3.24.